The molecule has 1 N–H and O–H groups in total. The second kappa shape index (κ2) is 4.72. The van der Waals surface area contributed by atoms with Crippen molar-refractivity contribution in [2.24, 2.45) is 7.05 Å². The Hall–Kier alpha value is -1.61. The van der Waals surface area contributed by atoms with Crippen LogP contribution in [0.4, 0.5) is 0 Å². The monoisotopic (exact) mass is 230 g/mol. The number of aryl methyl sites for hydroxylation is 3. The van der Waals surface area contributed by atoms with E-state index in [2.05, 4.69) is 37.0 Å². The standard InChI is InChI=1S/C14H18N2O/c1-10-4-11(2)6-12(5-10)7-14(17)13-8-16(3)9-15-13/h4-6,8-9,14,17H,7H2,1-3H3. The summed E-state index contributed by atoms with van der Waals surface area (Å²) in [7, 11) is 1.90. The zero-order valence-corrected chi connectivity index (χ0v) is 10.5. The third-order valence-electron chi connectivity index (χ3n) is 2.78. The molecule has 0 aliphatic heterocycles. The molecule has 1 atom stereocenters. The molecule has 0 amide bonds. The summed E-state index contributed by atoms with van der Waals surface area (Å²) in [5.41, 5.74) is 4.34. The molecule has 1 heterocycles. The number of benzene rings is 1. The van der Waals surface area contributed by atoms with E-state index in [4.69, 9.17) is 0 Å². The number of nitrogens with zero attached hydrogens (tertiary/aromatic N) is 2. The van der Waals surface area contributed by atoms with Crippen molar-refractivity contribution in [2.75, 3.05) is 0 Å². The van der Waals surface area contributed by atoms with E-state index in [0.717, 1.165) is 11.3 Å². The van der Waals surface area contributed by atoms with Gasteiger partial charge in [0, 0.05) is 19.7 Å². The van der Waals surface area contributed by atoms with E-state index >= 15 is 0 Å². The van der Waals surface area contributed by atoms with Crippen LogP contribution >= 0.6 is 0 Å². The maximum atomic E-state index is 10.1. The third kappa shape index (κ3) is 2.94. The highest BCUT2D eigenvalue weighted by Crippen LogP contribution is 2.18. The molecule has 1 aromatic carbocycles. The van der Waals surface area contributed by atoms with Gasteiger partial charge in [0.15, 0.2) is 0 Å². The minimum absolute atomic E-state index is 0.530. The summed E-state index contributed by atoms with van der Waals surface area (Å²) in [4.78, 5) is 4.17. The van der Waals surface area contributed by atoms with E-state index in [-0.39, 0.29) is 0 Å². The van der Waals surface area contributed by atoms with Gasteiger partial charge in [0.1, 0.15) is 6.10 Å². The average Bonchev–Trinajstić information content (AvgIpc) is 2.63. The van der Waals surface area contributed by atoms with Crippen molar-refractivity contribution >= 4 is 0 Å². The number of aromatic nitrogens is 2. The molecule has 1 aromatic heterocycles. The fraction of sp³-hybridized carbons (Fsp3) is 0.357. The predicted octanol–water partition coefficient (Wildman–Crippen LogP) is 2.31. The Kier molecular flexibility index (Phi) is 3.29. The Morgan fingerprint density at radius 2 is 1.88 bits per heavy atom. The smallest absolute Gasteiger partial charge is 0.101 e. The summed E-state index contributed by atoms with van der Waals surface area (Å²) >= 11 is 0. The highest BCUT2D eigenvalue weighted by Gasteiger charge is 2.11. The molecule has 2 rings (SSSR count). The van der Waals surface area contributed by atoms with E-state index < -0.39 is 6.10 Å². The van der Waals surface area contributed by atoms with E-state index in [1.54, 1.807) is 6.33 Å². The van der Waals surface area contributed by atoms with Crippen molar-refractivity contribution in [3.63, 3.8) is 0 Å². The summed E-state index contributed by atoms with van der Waals surface area (Å²) < 4.78 is 1.85. The van der Waals surface area contributed by atoms with E-state index in [1.807, 2.05) is 17.8 Å². The lowest BCUT2D eigenvalue weighted by molar-refractivity contribution is 0.174. The summed E-state index contributed by atoms with van der Waals surface area (Å²) in [5.74, 6) is 0. The number of hydrogen-bond donors (Lipinski definition) is 1. The molecule has 0 bridgehead atoms. The van der Waals surface area contributed by atoms with Gasteiger partial charge >= 0.3 is 0 Å². The lowest BCUT2D eigenvalue weighted by Crippen LogP contribution is -2.02. The Morgan fingerprint density at radius 3 is 2.41 bits per heavy atom. The van der Waals surface area contributed by atoms with Crippen molar-refractivity contribution in [3.8, 4) is 0 Å². The molecule has 0 spiro atoms. The van der Waals surface area contributed by atoms with Crippen LogP contribution in [-0.4, -0.2) is 14.7 Å². The van der Waals surface area contributed by atoms with Gasteiger partial charge in [0.2, 0.25) is 0 Å². The largest absolute Gasteiger partial charge is 0.386 e. The van der Waals surface area contributed by atoms with Crippen LogP contribution in [0.1, 0.15) is 28.5 Å². The number of hydrogen-bond acceptors (Lipinski definition) is 2. The second-order valence-corrected chi connectivity index (χ2v) is 4.68. The van der Waals surface area contributed by atoms with Crippen LogP contribution in [-0.2, 0) is 13.5 Å². The predicted molar refractivity (Wildman–Crippen MR) is 67.8 cm³/mol. The Morgan fingerprint density at radius 1 is 1.24 bits per heavy atom. The van der Waals surface area contributed by atoms with Crippen molar-refractivity contribution < 1.29 is 5.11 Å². The quantitative estimate of drug-likeness (QED) is 0.878. The van der Waals surface area contributed by atoms with Gasteiger partial charge in [-0.25, -0.2) is 4.98 Å². The molecule has 3 heteroatoms. The number of aliphatic hydroxyl groups is 1. The lowest BCUT2D eigenvalue weighted by atomic mass is 10.0. The number of imidazole rings is 1. The minimum atomic E-state index is -0.530. The summed E-state index contributed by atoms with van der Waals surface area (Å²) in [6.07, 6.45) is 3.64. The summed E-state index contributed by atoms with van der Waals surface area (Å²) in [5, 5.41) is 10.1. The van der Waals surface area contributed by atoms with Crippen LogP contribution in [0.2, 0.25) is 0 Å². The lowest BCUT2D eigenvalue weighted by Gasteiger charge is -2.09. The molecular formula is C14H18N2O. The normalized spacial score (nSPS) is 12.7. The second-order valence-electron chi connectivity index (χ2n) is 4.68. The maximum absolute atomic E-state index is 10.1. The van der Waals surface area contributed by atoms with Gasteiger partial charge < -0.3 is 9.67 Å². The Labute approximate surface area is 102 Å². The highest BCUT2D eigenvalue weighted by atomic mass is 16.3. The average molecular weight is 230 g/mol. The fourth-order valence-corrected chi connectivity index (χ4v) is 2.12. The van der Waals surface area contributed by atoms with Crippen LogP contribution in [0.5, 0.6) is 0 Å². The molecule has 0 saturated carbocycles. The van der Waals surface area contributed by atoms with Crippen LogP contribution in [0.15, 0.2) is 30.7 Å². The minimum Gasteiger partial charge on any atom is -0.386 e. The van der Waals surface area contributed by atoms with E-state index in [0.29, 0.717) is 6.42 Å². The van der Waals surface area contributed by atoms with Gasteiger partial charge in [0.05, 0.1) is 12.0 Å². The molecule has 0 aliphatic carbocycles. The first-order valence-corrected chi connectivity index (χ1v) is 5.77. The van der Waals surface area contributed by atoms with Crippen LogP contribution < -0.4 is 0 Å². The summed E-state index contributed by atoms with van der Waals surface area (Å²) in [6, 6.07) is 6.36. The van der Waals surface area contributed by atoms with E-state index in [9.17, 15) is 5.11 Å². The first kappa shape index (κ1) is 11.9. The third-order valence-corrected chi connectivity index (χ3v) is 2.78. The molecule has 0 fully saturated rings. The molecular weight excluding hydrogens is 212 g/mol. The van der Waals surface area contributed by atoms with Gasteiger partial charge in [-0.05, 0) is 19.4 Å². The van der Waals surface area contributed by atoms with Crippen molar-refractivity contribution in [1.29, 1.82) is 0 Å². The molecule has 0 aliphatic rings. The van der Waals surface area contributed by atoms with Crippen molar-refractivity contribution in [1.82, 2.24) is 9.55 Å². The van der Waals surface area contributed by atoms with Gasteiger partial charge in [-0.3, -0.25) is 0 Å². The maximum Gasteiger partial charge on any atom is 0.101 e. The van der Waals surface area contributed by atoms with Crippen LogP contribution in [0, 0.1) is 13.8 Å². The van der Waals surface area contributed by atoms with Gasteiger partial charge in [-0.1, -0.05) is 29.3 Å². The molecule has 0 radical (unpaired) electrons. The van der Waals surface area contributed by atoms with Crippen LogP contribution in [0.3, 0.4) is 0 Å². The number of rotatable bonds is 3. The van der Waals surface area contributed by atoms with Crippen molar-refractivity contribution in [2.45, 2.75) is 26.4 Å². The molecule has 1 unspecified atom stereocenters. The van der Waals surface area contributed by atoms with Gasteiger partial charge in [-0.15, -0.1) is 0 Å². The van der Waals surface area contributed by atoms with E-state index in [1.165, 1.54) is 11.1 Å². The highest BCUT2D eigenvalue weighted by molar-refractivity contribution is 5.29. The summed E-state index contributed by atoms with van der Waals surface area (Å²) in [6.45, 7) is 4.15. The fourth-order valence-electron chi connectivity index (χ4n) is 2.12. The number of aliphatic hydroxyl groups excluding tert-OH is 1. The van der Waals surface area contributed by atoms with Gasteiger partial charge in [-0.2, -0.15) is 0 Å². The van der Waals surface area contributed by atoms with Crippen molar-refractivity contribution in [3.05, 3.63) is 53.1 Å². The molecule has 17 heavy (non-hydrogen) atoms. The SMILES string of the molecule is Cc1cc(C)cc(CC(O)c2cn(C)cn2)c1. The Balaban J connectivity index is 2.15. The van der Waals surface area contributed by atoms with Crippen LogP contribution in [0.25, 0.3) is 0 Å². The van der Waals surface area contributed by atoms with Gasteiger partial charge in [0.25, 0.3) is 0 Å². The first-order chi connectivity index (χ1) is 8.04. The zero-order chi connectivity index (χ0) is 12.4. The molecule has 3 nitrogen and oxygen atoms in total. The Bertz CT molecular complexity index is 496. The zero-order valence-electron chi connectivity index (χ0n) is 10.5. The molecule has 2 aromatic rings. The molecule has 90 valence electrons. The topological polar surface area (TPSA) is 38.0 Å². The molecule has 0 saturated heterocycles. The first-order valence-electron chi connectivity index (χ1n) is 5.77.